The molecule has 0 aliphatic carbocycles. The maximum Gasteiger partial charge on any atom is 0.0730 e. The van der Waals surface area contributed by atoms with Crippen LogP contribution in [0.3, 0.4) is 0 Å². The van der Waals surface area contributed by atoms with E-state index in [4.69, 9.17) is 4.98 Å². The van der Waals surface area contributed by atoms with Crippen molar-refractivity contribution < 1.29 is 0 Å². The van der Waals surface area contributed by atoms with Crippen molar-refractivity contribution in [2.75, 3.05) is 23.7 Å². The lowest BCUT2D eigenvalue weighted by atomic mass is 10.1. The summed E-state index contributed by atoms with van der Waals surface area (Å²) in [5.41, 5.74) is 4.46. The Kier molecular flexibility index (Phi) is 7.95. The highest BCUT2D eigenvalue weighted by Crippen LogP contribution is 2.25. The van der Waals surface area contributed by atoms with Crippen LogP contribution < -0.4 is 10.6 Å². The van der Waals surface area contributed by atoms with Gasteiger partial charge >= 0.3 is 0 Å². The number of rotatable bonds is 12. The molecule has 0 radical (unpaired) electrons. The van der Waals surface area contributed by atoms with Crippen molar-refractivity contribution in [2.45, 2.75) is 65.2 Å². The molecular weight excluding hydrogens is 342 g/mol. The van der Waals surface area contributed by atoms with E-state index in [0.717, 1.165) is 24.1 Å². The highest BCUT2D eigenvalue weighted by atomic mass is 14.9. The largest absolute Gasteiger partial charge is 0.385 e. The summed E-state index contributed by atoms with van der Waals surface area (Å²) in [6.07, 6.45) is 10.3. The molecule has 150 valence electrons. The summed E-state index contributed by atoms with van der Waals surface area (Å²) in [7, 11) is 0. The molecule has 2 N–H and O–H groups in total. The molecule has 3 heteroatoms. The molecular formula is C25H35N3. The van der Waals surface area contributed by atoms with Crippen molar-refractivity contribution in [2.24, 2.45) is 0 Å². The second-order valence-corrected chi connectivity index (χ2v) is 7.78. The number of anilines is 2. The summed E-state index contributed by atoms with van der Waals surface area (Å²) in [5.74, 6) is 0. The van der Waals surface area contributed by atoms with Gasteiger partial charge in [-0.2, -0.15) is 0 Å². The molecule has 3 rings (SSSR count). The first-order valence-electron chi connectivity index (χ1n) is 11.1. The second kappa shape index (κ2) is 10.9. The normalized spacial score (nSPS) is 11.2. The van der Waals surface area contributed by atoms with Gasteiger partial charge in [-0.05, 0) is 43.2 Å². The lowest BCUT2D eigenvalue weighted by molar-refractivity contribution is 0.685. The molecule has 0 amide bonds. The monoisotopic (exact) mass is 377 g/mol. The number of unbranched alkanes of at least 4 members (excludes halogenated alkanes) is 6. The summed E-state index contributed by atoms with van der Waals surface area (Å²) < 4.78 is 0. The minimum atomic E-state index is 1.03. The molecule has 0 aliphatic heterocycles. The number of hydrogen-bond donors (Lipinski definition) is 2. The third-order valence-electron chi connectivity index (χ3n) is 5.33. The summed E-state index contributed by atoms with van der Waals surface area (Å²) >= 11 is 0. The van der Waals surface area contributed by atoms with Gasteiger partial charge in [-0.15, -0.1) is 0 Å². The van der Waals surface area contributed by atoms with E-state index in [2.05, 4.69) is 66.9 Å². The fourth-order valence-corrected chi connectivity index (χ4v) is 3.61. The summed E-state index contributed by atoms with van der Waals surface area (Å²) in [5, 5.41) is 9.49. The average molecular weight is 378 g/mol. The first-order valence-corrected chi connectivity index (χ1v) is 11.1. The van der Waals surface area contributed by atoms with Gasteiger partial charge < -0.3 is 10.6 Å². The van der Waals surface area contributed by atoms with Crippen molar-refractivity contribution in [1.29, 1.82) is 0 Å². The Morgan fingerprint density at radius 1 is 0.607 bits per heavy atom. The molecule has 0 atom stereocenters. The average Bonchev–Trinajstić information content (AvgIpc) is 2.72. The number of benzene rings is 2. The van der Waals surface area contributed by atoms with Gasteiger partial charge in [0.2, 0.25) is 0 Å². The zero-order valence-corrected chi connectivity index (χ0v) is 17.6. The van der Waals surface area contributed by atoms with E-state index in [1.165, 1.54) is 73.5 Å². The third kappa shape index (κ3) is 5.85. The van der Waals surface area contributed by atoms with E-state index >= 15 is 0 Å². The molecule has 0 saturated carbocycles. The highest BCUT2D eigenvalue weighted by Gasteiger charge is 2.03. The second-order valence-electron chi connectivity index (χ2n) is 7.78. The molecule has 0 unspecified atom stereocenters. The number of aromatic nitrogens is 1. The Balaban J connectivity index is 1.67. The Morgan fingerprint density at radius 2 is 1.11 bits per heavy atom. The first kappa shape index (κ1) is 20.4. The molecule has 0 aliphatic rings. The Labute approximate surface area is 169 Å². The van der Waals surface area contributed by atoms with Crippen LogP contribution in [0.5, 0.6) is 0 Å². The van der Waals surface area contributed by atoms with E-state index in [1.807, 2.05) is 0 Å². The van der Waals surface area contributed by atoms with Crippen LogP contribution in [0.15, 0.2) is 42.5 Å². The van der Waals surface area contributed by atoms with Crippen LogP contribution in [-0.4, -0.2) is 18.1 Å². The quantitative estimate of drug-likeness (QED) is 0.255. The summed E-state index contributed by atoms with van der Waals surface area (Å²) in [6, 6.07) is 15.3. The van der Waals surface area contributed by atoms with E-state index in [-0.39, 0.29) is 0 Å². The topological polar surface area (TPSA) is 37.0 Å². The van der Waals surface area contributed by atoms with Crippen LogP contribution >= 0.6 is 0 Å². The van der Waals surface area contributed by atoms with E-state index in [0.29, 0.717) is 0 Å². The number of hydrogen-bond acceptors (Lipinski definition) is 3. The van der Waals surface area contributed by atoms with Crippen LogP contribution in [0, 0.1) is 0 Å². The first-order chi connectivity index (χ1) is 13.8. The minimum absolute atomic E-state index is 1.03. The van der Waals surface area contributed by atoms with Crippen LogP contribution in [0.1, 0.15) is 65.2 Å². The zero-order chi connectivity index (χ0) is 19.6. The number of nitrogens with zero attached hydrogens (tertiary/aromatic N) is 1. The van der Waals surface area contributed by atoms with Gasteiger partial charge in [0.1, 0.15) is 0 Å². The molecule has 1 heterocycles. The predicted octanol–water partition coefficient (Wildman–Crippen LogP) is 7.37. The maximum absolute atomic E-state index is 4.93. The predicted molar refractivity (Wildman–Crippen MR) is 125 cm³/mol. The summed E-state index contributed by atoms with van der Waals surface area (Å²) in [4.78, 5) is 4.93. The van der Waals surface area contributed by atoms with Crippen LogP contribution in [0.2, 0.25) is 0 Å². The van der Waals surface area contributed by atoms with E-state index in [1.54, 1.807) is 0 Å². The van der Waals surface area contributed by atoms with Gasteiger partial charge in [-0.3, -0.25) is 0 Å². The van der Waals surface area contributed by atoms with Gasteiger partial charge in [0.05, 0.1) is 11.0 Å². The molecule has 0 saturated heterocycles. The third-order valence-corrected chi connectivity index (χ3v) is 5.33. The van der Waals surface area contributed by atoms with E-state index < -0.39 is 0 Å². The summed E-state index contributed by atoms with van der Waals surface area (Å²) in [6.45, 7) is 6.57. The number of nitrogens with one attached hydrogen (secondary N) is 2. The van der Waals surface area contributed by atoms with Gasteiger partial charge in [0.25, 0.3) is 0 Å². The molecule has 0 spiro atoms. The molecule has 3 aromatic rings. The van der Waals surface area contributed by atoms with Crippen molar-refractivity contribution in [3.05, 3.63) is 42.5 Å². The van der Waals surface area contributed by atoms with Crippen molar-refractivity contribution in [3.63, 3.8) is 0 Å². The van der Waals surface area contributed by atoms with Crippen LogP contribution in [0.25, 0.3) is 21.8 Å². The smallest absolute Gasteiger partial charge is 0.0730 e. The number of fused-ring (bicyclic) bond motifs is 2. The highest BCUT2D eigenvalue weighted by molar-refractivity contribution is 5.95. The fraction of sp³-hybridized carbons (Fsp3) is 0.480. The van der Waals surface area contributed by atoms with E-state index in [9.17, 15) is 0 Å². The SMILES string of the molecule is CCCCCCNc1ccc2cc3ccc(NCCCCCC)cc3nc2c1. The maximum atomic E-state index is 4.93. The Hall–Kier alpha value is -2.29. The van der Waals surface area contributed by atoms with Gasteiger partial charge in [0.15, 0.2) is 0 Å². The lowest BCUT2D eigenvalue weighted by Crippen LogP contribution is -2.02. The molecule has 2 aromatic carbocycles. The molecule has 28 heavy (non-hydrogen) atoms. The van der Waals surface area contributed by atoms with Gasteiger partial charge in [-0.25, -0.2) is 4.98 Å². The molecule has 1 aromatic heterocycles. The van der Waals surface area contributed by atoms with Gasteiger partial charge in [0, 0.05) is 35.2 Å². The Bertz CT molecular complexity index is 803. The standard InChI is InChI=1S/C25H35N3/c1-3-5-7-9-15-26-22-13-11-20-17-21-12-14-23(27-16-10-8-6-4-2)19-25(21)28-24(20)18-22/h11-14,17-19,26-27H,3-10,15-16H2,1-2H3. The Morgan fingerprint density at radius 3 is 1.57 bits per heavy atom. The van der Waals surface area contributed by atoms with Crippen molar-refractivity contribution in [1.82, 2.24) is 4.98 Å². The van der Waals surface area contributed by atoms with Crippen LogP contribution in [-0.2, 0) is 0 Å². The van der Waals surface area contributed by atoms with Crippen LogP contribution in [0.4, 0.5) is 11.4 Å². The molecule has 3 nitrogen and oxygen atoms in total. The molecule has 0 bridgehead atoms. The van der Waals surface area contributed by atoms with Crippen molar-refractivity contribution in [3.8, 4) is 0 Å². The lowest BCUT2D eigenvalue weighted by Gasteiger charge is -2.10. The minimum Gasteiger partial charge on any atom is -0.385 e. The zero-order valence-electron chi connectivity index (χ0n) is 17.6. The van der Waals surface area contributed by atoms with Crippen molar-refractivity contribution >= 4 is 33.2 Å². The number of pyridine rings is 1. The van der Waals surface area contributed by atoms with Gasteiger partial charge in [-0.1, -0.05) is 64.5 Å². The fourth-order valence-electron chi connectivity index (χ4n) is 3.61. The molecule has 0 fully saturated rings.